The third-order valence-electron chi connectivity index (χ3n) is 4.23. The van der Waals surface area contributed by atoms with Crippen molar-refractivity contribution in [3.05, 3.63) is 60.2 Å². The van der Waals surface area contributed by atoms with Crippen LogP contribution in [0.15, 0.2) is 54.6 Å². The van der Waals surface area contributed by atoms with E-state index in [-0.39, 0.29) is 11.8 Å². The van der Waals surface area contributed by atoms with Crippen molar-refractivity contribution in [3.8, 4) is 16.3 Å². The number of anilines is 1. The molecule has 0 bridgehead atoms. The molecule has 0 radical (unpaired) electrons. The first kappa shape index (κ1) is 20.5. The van der Waals surface area contributed by atoms with Crippen molar-refractivity contribution in [1.29, 1.82) is 0 Å². The molecule has 3 rings (SSSR count). The maximum atomic E-state index is 12.4. The first-order valence-electron chi connectivity index (χ1n) is 9.17. The van der Waals surface area contributed by atoms with E-state index < -0.39 is 6.04 Å². The fraction of sp³-hybridized carbons (Fsp3) is 0.238. The normalized spacial score (nSPS) is 11.5. The van der Waals surface area contributed by atoms with Gasteiger partial charge < -0.3 is 10.1 Å². The number of ether oxygens (including phenoxy) is 1. The molecule has 2 aromatic carbocycles. The Balaban J connectivity index is 1.51. The SMILES string of the molecule is COc1cccc(-c2nnc(NC(=O)C(C)NC(=O)CCc3ccccc3)s2)c1. The second kappa shape index (κ2) is 9.79. The van der Waals surface area contributed by atoms with Crippen LogP contribution in [-0.2, 0) is 16.0 Å². The summed E-state index contributed by atoms with van der Waals surface area (Å²) in [6.45, 7) is 1.64. The summed E-state index contributed by atoms with van der Waals surface area (Å²) >= 11 is 1.25. The molecule has 2 N–H and O–H groups in total. The Kier molecular flexibility index (Phi) is 6.91. The van der Waals surface area contributed by atoms with Gasteiger partial charge in [0, 0.05) is 12.0 Å². The first-order chi connectivity index (χ1) is 14.0. The van der Waals surface area contributed by atoms with E-state index in [4.69, 9.17) is 4.74 Å². The minimum Gasteiger partial charge on any atom is -0.497 e. The van der Waals surface area contributed by atoms with Crippen molar-refractivity contribution >= 4 is 28.3 Å². The molecule has 1 heterocycles. The zero-order valence-corrected chi connectivity index (χ0v) is 17.0. The fourth-order valence-electron chi connectivity index (χ4n) is 2.64. The number of carbonyl (C=O) groups excluding carboxylic acids is 2. The molecule has 7 nitrogen and oxygen atoms in total. The summed E-state index contributed by atoms with van der Waals surface area (Å²) in [5.41, 5.74) is 1.93. The summed E-state index contributed by atoms with van der Waals surface area (Å²) < 4.78 is 5.21. The lowest BCUT2D eigenvalue weighted by molar-refractivity contribution is -0.126. The highest BCUT2D eigenvalue weighted by atomic mass is 32.1. The van der Waals surface area contributed by atoms with E-state index in [9.17, 15) is 9.59 Å². The Morgan fingerprint density at radius 1 is 1.10 bits per heavy atom. The quantitative estimate of drug-likeness (QED) is 0.594. The van der Waals surface area contributed by atoms with Crippen LogP contribution in [0.5, 0.6) is 5.75 Å². The molecule has 0 saturated carbocycles. The van der Waals surface area contributed by atoms with E-state index >= 15 is 0 Å². The Bertz CT molecular complexity index is 975. The van der Waals surface area contributed by atoms with Crippen LogP contribution < -0.4 is 15.4 Å². The summed E-state index contributed by atoms with van der Waals surface area (Å²) in [6, 6.07) is 16.5. The third-order valence-corrected chi connectivity index (χ3v) is 5.11. The number of nitrogens with zero attached hydrogens (tertiary/aromatic N) is 2. The standard InChI is InChI=1S/C21H22N4O3S/c1-14(22-18(26)12-11-15-7-4-3-5-8-15)19(27)23-21-25-24-20(29-21)16-9-6-10-17(13-16)28-2/h3-10,13-14H,11-12H2,1-2H3,(H,22,26)(H,23,25,27). The molecule has 0 spiro atoms. The number of hydrogen-bond donors (Lipinski definition) is 2. The topological polar surface area (TPSA) is 93.2 Å². The number of aryl methyl sites for hydroxylation is 1. The predicted molar refractivity (Wildman–Crippen MR) is 113 cm³/mol. The number of amides is 2. The number of carbonyl (C=O) groups is 2. The second-order valence-corrected chi connectivity index (χ2v) is 7.39. The summed E-state index contributed by atoms with van der Waals surface area (Å²) in [7, 11) is 1.60. The second-order valence-electron chi connectivity index (χ2n) is 6.41. The summed E-state index contributed by atoms with van der Waals surface area (Å²) in [5.74, 6) is 0.201. The third kappa shape index (κ3) is 5.86. The van der Waals surface area contributed by atoms with Gasteiger partial charge in [-0.15, -0.1) is 10.2 Å². The maximum absolute atomic E-state index is 12.4. The van der Waals surface area contributed by atoms with Crippen LogP contribution in [0.1, 0.15) is 18.9 Å². The number of methoxy groups -OCH3 is 1. The van der Waals surface area contributed by atoms with Crippen LogP contribution in [0.3, 0.4) is 0 Å². The van der Waals surface area contributed by atoms with Crippen molar-refractivity contribution in [2.75, 3.05) is 12.4 Å². The Morgan fingerprint density at radius 3 is 2.66 bits per heavy atom. The molecule has 1 unspecified atom stereocenters. The number of aromatic nitrogens is 2. The molecular weight excluding hydrogens is 388 g/mol. The monoisotopic (exact) mass is 410 g/mol. The van der Waals surface area contributed by atoms with Gasteiger partial charge in [0.2, 0.25) is 16.9 Å². The highest BCUT2D eigenvalue weighted by molar-refractivity contribution is 7.18. The first-order valence-corrected chi connectivity index (χ1v) is 9.99. The predicted octanol–water partition coefficient (Wildman–Crippen LogP) is 3.29. The van der Waals surface area contributed by atoms with Gasteiger partial charge in [0.05, 0.1) is 7.11 Å². The van der Waals surface area contributed by atoms with Gasteiger partial charge in [0.1, 0.15) is 16.8 Å². The van der Waals surface area contributed by atoms with Gasteiger partial charge in [0.15, 0.2) is 0 Å². The van der Waals surface area contributed by atoms with Gasteiger partial charge in [-0.1, -0.05) is 53.8 Å². The van der Waals surface area contributed by atoms with E-state index in [0.29, 0.717) is 23.0 Å². The zero-order valence-electron chi connectivity index (χ0n) is 16.2. The van der Waals surface area contributed by atoms with Gasteiger partial charge in [-0.25, -0.2) is 0 Å². The van der Waals surface area contributed by atoms with Gasteiger partial charge in [-0.3, -0.25) is 14.9 Å². The summed E-state index contributed by atoms with van der Waals surface area (Å²) in [6.07, 6.45) is 0.946. The minimum absolute atomic E-state index is 0.175. The van der Waals surface area contributed by atoms with Gasteiger partial charge in [-0.05, 0) is 31.0 Å². The highest BCUT2D eigenvalue weighted by Gasteiger charge is 2.18. The van der Waals surface area contributed by atoms with Gasteiger partial charge >= 0.3 is 0 Å². The molecule has 1 aromatic heterocycles. The molecule has 0 aliphatic rings. The van der Waals surface area contributed by atoms with Crippen molar-refractivity contribution in [2.45, 2.75) is 25.8 Å². The lowest BCUT2D eigenvalue weighted by Gasteiger charge is -2.12. The number of hydrogen-bond acceptors (Lipinski definition) is 6. The molecule has 1 atom stereocenters. The minimum atomic E-state index is -0.678. The molecular formula is C21H22N4O3S. The van der Waals surface area contributed by atoms with E-state index in [2.05, 4.69) is 20.8 Å². The van der Waals surface area contributed by atoms with Crippen molar-refractivity contribution in [2.24, 2.45) is 0 Å². The van der Waals surface area contributed by atoms with Gasteiger partial charge in [-0.2, -0.15) is 0 Å². The van der Waals surface area contributed by atoms with Crippen LogP contribution in [0.4, 0.5) is 5.13 Å². The number of benzene rings is 2. The van der Waals surface area contributed by atoms with Crippen LogP contribution in [0.2, 0.25) is 0 Å². The summed E-state index contributed by atoms with van der Waals surface area (Å²) in [4.78, 5) is 24.5. The zero-order chi connectivity index (χ0) is 20.6. The van der Waals surface area contributed by atoms with Crippen molar-refractivity contribution in [3.63, 3.8) is 0 Å². The Labute approximate surface area is 173 Å². The van der Waals surface area contributed by atoms with E-state index in [1.807, 2.05) is 54.6 Å². The van der Waals surface area contributed by atoms with E-state index in [1.54, 1.807) is 14.0 Å². The average Bonchev–Trinajstić information content (AvgIpc) is 3.21. The molecule has 2 amide bonds. The highest BCUT2D eigenvalue weighted by Crippen LogP contribution is 2.28. The fourth-order valence-corrected chi connectivity index (χ4v) is 3.38. The number of nitrogens with one attached hydrogen (secondary N) is 2. The molecule has 150 valence electrons. The largest absolute Gasteiger partial charge is 0.497 e. The molecule has 0 saturated heterocycles. The van der Waals surface area contributed by atoms with Crippen LogP contribution in [0, 0.1) is 0 Å². The molecule has 0 aliphatic heterocycles. The molecule has 0 aliphatic carbocycles. The van der Waals surface area contributed by atoms with Crippen LogP contribution >= 0.6 is 11.3 Å². The molecule has 3 aromatic rings. The van der Waals surface area contributed by atoms with E-state index in [0.717, 1.165) is 16.9 Å². The Morgan fingerprint density at radius 2 is 1.90 bits per heavy atom. The van der Waals surface area contributed by atoms with Crippen molar-refractivity contribution < 1.29 is 14.3 Å². The Hall–Kier alpha value is -3.26. The smallest absolute Gasteiger partial charge is 0.248 e. The maximum Gasteiger partial charge on any atom is 0.248 e. The van der Waals surface area contributed by atoms with E-state index in [1.165, 1.54) is 11.3 Å². The van der Waals surface area contributed by atoms with Gasteiger partial charge in [0.25, 0.3) is 0 Å². The average molecular weight is 410 g/mol. The van der Waals surface area contributed by atoms with Crippen LogP contribution in [0.25, 0.3) is 10.6 Å². The van der Waals surface area contributed by atoms with Crippen molar-refractivity contribution in [1.82, 2.24) is 15.5 Å². The molecule has 0 fully saturated rings. The molecule has 29 heavy (non-hydrogen) atoms. The summed E-state index contributed by atoms with van der Waals surface area (Å²) in [5, 5.41) is 14.6. The lowest BCUT2D eigenvalue weighted by atomic mass is 10.1. The lowest BCUT2D eigenvalue weighted by Crippen LogP contribution is -2.41. The van der Waals surface area contributed by atoms with Crippen LogP contribution in [-0.4, -0.2) is 35.2 Å². The molecule has 8 heteroatoms. The number of rotatable bonds is 8.